The van der Waals surface area contributed by atoms with E-state index in [1.807, 2.05) is 24.3 Å². The molecule has 0 radical (unpaired) electrons. The number of phenolic OH excluding ortho intramolecular Hbond substituents is 1. The number of hydrogen-bond donors (Lipinski definition) is 2. The predicted octanol–water partition coefficient (Wildman–Crippen LogP) is 3.29. The number of thioether (sulfide) groups is 1. The van der Waals surface area contributed by atoms with Crippen molar-refractivity contribution < 1.29 is 9.84 Å². The first-order valence-electron chi connectivity index (χ1n) is 6.66. The molecular weight excluding hydrogens is 284 g/mol. The van der Waals surface area contributed by atoms with Gasteiger partial charge in [-0.2, -0.15) is 5.10 Å². The van der Waals surface area contributed by atoms with Gasteiger partial charge in [0.1, 0.15) is 16.9 Å². The average Bonchev–Trinajstić information content (AvgIpc) is 2.97. The summed E-state index contributed by atoms with van der Waals surface area (Å²) in [6.45, 7) is 0. The zero-order chi connectivity index (χ0) is 14.7. The molecule has 0 aromatic heterocycles. The van der Waals surface area contributed by atoms with Gasteiger partial charge < -0.3 is 9.84 Å². The SMILES string of the molecule is COc1ccc(O)c([C@H]2NN=C(Cc3ccccc3)S2)c1. The predicted molar refractivity (Wildman–Crippen MR) is 85.7 cm³/mol. The number of nitrogens with one attached hydrogen (secondary N) is 1. The second kappa shape index (κ2) is 6.10. The highest BCUT2D eigenvalue weighted by Crippen LogP contribution is 2.38. The molecule has 1 heterocycles. The van der Waals surface area contributed by atoms with Crippen LogP contribution in [0.2, 0.25) is 0 Å². The van der Waals surface area contributed by atoms with Gasteiger partial charge in [-0.1, -0.05) is 42.1 Å². The Bertz CT molecular complexity index is 659. The Labute approximate surface area is 127 Å². The summed E-state index contributed by atoms with van der Waals surface area (Å²) in [5, 5.41) is 15.3. The monoisotopic (exact) mass is 300 g/mol. The average molecular weight is 300 g/mol. The summed E-state index contributed by atoms with van der Waals surface area (Å²) in [5.74, 6) is 0.971. The molecule has 1 atom stereocenters. The third-order valence-electron chi connectivity index (χ3n) is 3.28. The van der Waals surface area contributed by atoms with Crippen molar-refractivity contribution in [1.29, 1.82) is 0 Å². The summed E-state index contributed by atoms with van der Waals surface area (Å²) >= 11 is 1.62. The van der Waals surface area contributed by atoms with Crippen LogP contribution >= 0.6 is 11.8 Å². The van der Waals surface area contributed by atoms with Crippen LogP contribution < -0.4 is 10.2 Å². The van der Waals surface area contributed by atoms with Crippen LogP contribution in [-0.4, -0.2) is 17.3 Å². The van der Waals surface area contributed by atoms with Crippen LogP contribution in [0.3, 0.4) is 0 Å². The van der Waals surface area contributed by atoms with E-state index < -0.39 is 0 Å². The minimum absolute atomic E-state index is 0.0844. The van der Waals surface area contributed by atoms with Crippen LogP contribution in [-0.2, 0) is 6.42 Å². The number of aromatic hydroxyl groups is 1. The highest BCUT2D eigenvalue weighted by atomic mass is 32.2. The number of benzene rings is 2. The van der Waals surface area contributed by atoms with Crippen LogP contribution in [0.1, 0.15) is 16.5 Å². The molecule has 2 aromatic rings. The first kappa shape index (κ1) is 13.8. The summed E-state index contributed by atoms with van der Waals surface area (Å²) < 4.78 is 5.21. The lowest BCUT2D eigenvalue weighted by Crippen LogP contribution is -2.07. The number of rotatable bonds is 4. The normalized spacial score (nSPS) is 17.2. The van der Waals surface area contributed by atoms with Gasteiger partial charge in [-0.05, 0) is 23.8 Å². The molecule has 2 N–H and O–H groups in total. The lowest BCUT2D eigenvalue weighted by atomic mass is 10.2. The molecular formula is C16H16N2O2S. The zero-order valence-corrected chi connectivity index (χ0v) is 12.4. The van der Waals surface area contributed by atoms with Crippen molar-refractivity contribution in [1.82, 2.24) is 5.43 Å². The molecule has 0 amide bonds. The minimum atomic E-state index is -0.0844. The molecule has 0 saturated carbocycles. The van der Waals surface area contributed by atoms with E-state index in [0.717, 1.165) is 22.8 Å². The van der Waals surface area contributed by atoms with E-state index in [1.165, 1.54) is 5.56 Å². The molecule has 0 spiro atoms. The number of nitrogens with zero attached hydrogens (tertiary/aromatic N) is 1. The Kier molecular flexibility index (Phi) is 4.01. The van der Waals surface area contributed by atoms with Crippen molar-refractivity contribution in [2.24, 2.45) is 5.10 Å². The Morgan fingerprint density at radius 3 is 2.81 bits per heavy atom. The van der Waals surface area contributed by atoms with Gasteiger partial charge in [0.2, 0.25) is 0 Å². The Hall–Kier alpha value is -2.14. The molecule has 1 aliphatic heterocycles. The van der Waals surface area contributed by atoms with Crippen LogP contribution in [0.5, 0.6) is 11.5 Å². The molecule has 4 nitrogen and oxygen atoms in total. The standard InChI is InChI=1S/C16H16N2O2S/c1-20-12-7-8-14(19)13(10-12)16-18-17-15(21-16)9-11-5-3-2-4-6-11/h2-8,10,16,18-19H,9H2,1H3/t16-/m0/s1. The molecule has 0 bridgehead atoms. The van der Waals surface area contributed by atoms with E-state index in [4.69, 9.17) is 4.74 Å². The number of ether oxygens (including phenoxy) is 1. The number of hydrazone groups is 1. The van der Waals surface area contributed by atoms with Crippen molar-refractivity contribution in [2.75, 3.05) is 7.11 Å². The fourth-order valence-electron chi connectivity index (χ4n) is 2.17. The maximum atomic E-state index is 10.0. The number of methoxy groups -OCH3 is 1. The Balaban J connectivity index is 1.71. The molecule has 3 rings (SSSR count). The highest BCUT2D eigenvalue weighted by Gasteiger charge is 2.24. The van der Waals surface area contributed by atoms with E-state index >= 15 is 0 Å². The summed E-state index contributed by atoms with van der Waals surface area (Å²) in [4.78, 5) is 0. The van der Waals surface area contributed by atoms with E-state index in [2.05, 4.69) is 22.7 Å². The van der Waals surface area contributed by atoms with Gasteiger partial charge in [-0.3, -0.25) is 5.43 Å². The lowest BCUT2D eigenvalue weighted by molar-refractivity contribution is 0.410. The topological polar surface area (TPSA) is 53.9 Å². The molecule has 0 unspecified atom stereocenters. The van der Waals surface area contributed by atoms with Gasteiger partial charge in [0.15, 0.2) is 0 Å². The van der Waals surface area contributed by atoms with Crippen LogP contribution in [0.15, 0.2) is 53.6 Å². The molecule has 5 heteroatoms. The quantitative estimate of drug-likeness (QED) is 0.909. The van der Waals surface area contributed by atoms with Gasteiger partial charge >= 0.3 is 0 Å². The summed E-state index contributed by atoms with van der Waals surface area (Å²) in [6, 6.07) is 15.4. The van der Waals surface area contributed by atoms with Crippen molar-refractivity contribution in [2.45, 2.75) is 11.8 Å². The Morgan fingerprint density at radius 1 is 1.24 bits per heavy atom. The molecule has 0 fully saturated rings. The zero-order valence-electron chi connectivity index (χ0n) is 11.6. The van der Waals surface area contributed by atoms with Crippen molar-refractivity contribution in [3.05, 3.63) is 59.7 Å². The fraction of sp³-hybridized carbons (Fsp3) is 0.188. The Morgan fingerprint density at radius 2 is 2.05 bits per heavy atom. The molecule has 1 aliphatic rings. The van der Waals surface area contributed by atoms with Gasteiger partial charge in [0.25, 0.3) is 0 Å². The first-order valence-corrected chi connectivity index (χ1v) is 7.54. The smallest absolute Gasteiger partial charge is 0.124 e. The first-order chi connectivity index (χ1) is 10.3. The van der Waals surface area contributed by atoms with Crippen LogP contribution in [0.4, 0.5) is 0 Å². The van der Waals surface area contributed by atoms with Gasteiger partial charge in [-0.25, -0.2) is 0 Å². The number of phenols is 1. The third kappa shape index (κ3) is 3.13. The minimum Gasteiger partial charge on any atom is -0.508 e. The second-order valence-corrected chi connectivity index (χ2v) is 5.90. The molecule has 108 valence electrons. The summed E-state index contributed by atoms with van der Waals surface area (Å²) in [5.41, 5.74) is 5.08. The maximum absolute atomic E-state index is 10.0. The summed E-state index contributed by atoms with van der Waals surface area (Å²) in [6.07, 6.45) is 0.791. The van der Waals surface area contributed by atoms with Crippen molar-refractivity contribution >= 4 is 16.8 Å². The largest absolute Gasteiger partial charge is 0.508 e. The van der Waals surface area contributed by atoms with E-state index in [1.54, 1.807) is 31.0 Å². The van der Waals surface area contributed by atoms with E-state index in [-0.39, 0.29) is 11.1 Å². The van der Waals surface area contributed by atoms with E-state index in [0.29, 0.717) is 0 Å². The summed E-state index contributed by atoms with van der Waals surface area (Å²) in [7, 11) is 1.61. The van der Waals surface area contributed by atoms with Crippen molar-refractivity contribution in [3.8, 4) is 11.5 Å². The van der Waals surface area contributed by atoms with Gasteiger partial charge in [-0.15, -0.1) is 0 Å². The van der Waals surface area contributed by atoms with E-state index in [9.17, 15) is 5.11 Å². The molecule has 0 saturated heterocycles. The van der Waals surface area contributed by atoms with Crippen LogP contribution in [0, 0.1) is 0 Å². The van der Waals surface area contributed by atoms with Crippen molar-refractivity contribution in [3.63, 3.8) is 0 Å². The lowest BCUT2D eigenvalue weighted by Gasteiger charge is -2.12. The van der Waals surface area contributed by atoms with Crippen LogP contribution in [0.25, 0.3) is 0 Å². The maximum Gasteiger partial charge on any atom is 0.124 e. The second-order valence-electron chi connectivity index (χ2n) is 4.72. The molecule has 0 aliphatic carbocycles. The fourth-order valence-corrected chi connectivity index (χ4v) is 3.22. The molecule has 2 aromatic carbocycles. The van der Waals surface area contributed by atoms with Gasteiger partial charge in [0, 0.05) is 12.0 Å². The third-order valence-corrected chi connectivity index (χ3v) is 4.38. The molecule has 21 heavy (non-hydrogen) atoms. The van der Waals surface area contributed by atoms with Gasteiger partial charge in [0.05, 0.1) is 12.2 Å². The highest BCUT2D eigenvalue weighted by molar-refractivity contribution is 8.14. The number of hydrogen-bond acceptors (Lipinski definition) is 5.